The van der Waals surface area contributed by atoms with Crippen LogP contribution in [0, 0.1) is 0 Å². The molecule has 0 bridgehead atoms. The summed E-state index contributed by atoms with van der Waals surface area (Å²) in [6.07, 6.45) is 3.44. The Kier molecular flexibility index (Phi) is 6.18. The molecule has 0 radical (unpaired) electrons. The highest BCUT2D eigenvalue weighted by Gasteiger charge is 2.40. The number of halogens is 1. The van der Waals surface area contributed by atoms with Crippen molar-refractivity contribution in [1.82, 2.24) is 4.90 Å². The van der Waals surface area contributed by atoms with Gasteiger partial charge in [0.25, 0.3) is 5.91 Å². The lowest BCUT2D eigenvalue weighted by Gasteiger charge is -2.30. The summed E-state index contributed by atoms with van der Waals surface area (Å²) >= 11 is 7.25. The Bertz CT molecular complexity index is 898. The number of phenolic OH excluding ortho intramolecular Hbond substituents is 1. The first kappa shape index (κ1) is 20.2. The molecule has 1 aromatic rings. The Morgan fingerprint density at radius 1 is 1.37 bits per heavy atom. The van der Waals surface area contributed by atoms with Crippen LogP contribution in [0.25, 0.3) is 6.08 Å². The minimum Gasteiger partial charge on any atom is -0.506 e. The van der Waals surface area contributed by atoms with Gasteiger partial charge in [0.05, 0.1) is 21.4 Å². The lowest BCUT2D eigenvalue weighted by molar-refractivity contribution is -0.123. The van der Waals surface area contributed by atoms with Crippen LogP contribution in [0.4, 0.5) is 0 Å². The van der Waals surface area contributed by atoms with E-state index in [4.69, 9.17) is 11.6 Å². The van der Waals surface area contributed by atoms with E-state index in [1.807, 2.05) is 6.92 Å². The maximum atomic E-state index is 13.0. The quantitative estimate of drug-likeness (QED) is 0.743. The smallest absolute Gasteiger partial charge is 0.267 e. The van der Waals surface area contributed by atoms with E-state index >= 15 is 0 Å². The molecule has 1 N–H and O–H groups in total. The van der Waals surface area contributed by atoms with Crippen molar-refractivity contribution in [2.45, 2.75) is 32.2 Å². The fourth-order valence-electron chi connectivity index (χ4n) is 3.03. The van der Waals surface area contributed by atoms with Crippen LogP contribution in [0.15, 0.2) is 28.1 Å². The molecular weight excluding hydrogens is 408 g/mol. The normalized spacial score (nSPS) is 23.5. The summed E-state index contributed by atoms with van der Waals surface area (Å²) in [6, 6.07) is 4.60. The van der Waals surface area contributed by atoms with E-state index in [-0.39, 0.29) is 34.2 Å². The highest BCUT2D eigenvalue weighted by atomic mass is 35.5. The number of hydrogen-bond donors (Lipinski definition) is 1. The van der Waals surface area contributed by atoms with E-state index in [2.05, 4.69) is 4.99 Å². The molecule has 0 saturated carbocycles. The number of thioether (sulfide) groups is 1. The predicted octanol–water partition coefficient (Wildman–Crippen LogP) is 3.31. The van der Waals surface area contributed by atoms with Crippen LogP contribution >= 0.6 is 23.4 Å². The summed E-state index contributed by atoms with van der Waals surface area (Å²) in [5, 5.41) is 10.4. The molecule has 1 amide bonds. The van der Waals surface area contributed by atoms with Crippen LogP contribution in [0.3, 0.4) is 0 Å². The van der Waals surface area contributed by atoms with E-state index < -0.39 is 9.84 Å². The first-order valence-electron chi connectivity index (χ1n) is 8.77. The van der Waals surface area contributed by atoms with Crippen molar-refractivity contribution in [3.05, 3.63) is 33.7 Å². The first-order chi connectivity index (χ1) is 12.8. The molecule has 27 heavy (non-hydrogen) atoms. The van der Waals surface area contributed by atoms with Crippen LogP contribution < -0.4 is 0 Å². The maximum absolute atomic E-state index is 13.0. The summed E-state index contributed by atoms with van der Waals surface area (Å²) in [5.74, 6) is 0.0161. The third-order valence-electron chi connectivity index (χ3n) is 4.47. The van der Waals surface area contributed by atoms with Gasteiger partial charge in [0.1, 0.15) is 15.6 Å². The van der Waals surface area contributed by atoms with Gasteiger partial charge >= 0.3 is 0 Å². The van der Waals surface area contributed by atoms with Gasteiger partial charge in [0.2, 0.25) is 0 Å². The minimum absolute atomic E-state index is 0.0144. The summed E-state index contributed by atoms with van der Waals surface area (Å²) in [7, 11) is -3.01. The summed E-state index contributed by atoms with van der Waals surface area (Å²) in [5.41, 5.74) is 0.705. The molecule has 3 rings (SSSR count). The maximum Gasteiger partial charge on any atom is 0.267 e. The molecule has 2 aliphatic heterocycles. The van der Waals surface area contributed by atoms with E-state index in [0.29, 0.717) is 35.0 Å². The van der Waals surface area contributed by atoms with Gasteiger partial charge in [0.15, 0.2) is 5.17 Å². The van der Waals surface area contributed by atoms with Crippen molar-refractivity contribution in [3.63, 3.8) is 0 Å². The van der Waals surface area contributed by atoms with Crippen LogP contribution in [-0.4, -0.2) is 53.6 Å². The van der Waals surface area contributed by atoms with E-state index in [1.165, 1.54) is 17.8 Å². The van der Waals surface area contributed by atoms with Crippen molar-refractivity contribution in [1.29, 1.82) is 0 Å². The van der Waals surface area contributed by atoms with Crippen molar-refractivity contribution in [2.75, 3.05) is 18.1 Å². The fraction of sp³-hybridized carbons (Fsp3) is 0.444. The summed E-state index contributed by atoms with van der Waals surface area (Å²) in [6.45, 7) is 2.62. The van der Waals surface area contributed by atoms with Gasteiger partial charge < -0.3 is 5.11 Å². The molecule has 0 unspecified atom stereocenters. The Morgan fingerprint density at radius 3 is 2.70 bits per heavy atom. The Labute approximate surface area is 168 Å². The van der Waals surface area contributed by atoms with Crippen molar-refractivity contribution >= 4 is 50.4 Å². The molecule has 2 saturated heterocycles. The SMILES string of the molecule is CCCN=C1S/C(=C\c2ccc(O)c(Cl)c2)C(=O)N1C1CCS(=O)(=O)CC1. The summed E-state index contributed by atoms with van der Waals surface area (Å²) < 4.78 is 23.5. The molecule has 6 nitrogen and oxygen atoms in total. The number of sulfone groups is 1. The standard InChI is InChI=1S/C18H21ClN2O4S2/c1-2-7-20-18-21(13-5-8-27(24,25)9-6-13)17(23)16(26-18)11-12-3-4-15(22)14(19)10-12/h3-4,10-11,13,22H,2,5-9H2,1H3/b16-11-,20-18?. The highest BCUT2D eigenvalue weighted by molar-refractivity contribution is 8.18. The number of amidine groups is 1. The zero-order chi connectivity index (χ0) is 19.6. The molecule has 0 aliphatic carbocycles. The molecule has 1 aromatic carbocycles. The second-order valence-corrected chi connectivity index (χ2v) is 10.3. The number of aliphatic imine (C=N–C) groups is 1. The van der Waals surface area contributed by atoms with Crippen molar-refractivity contribution < 1.29 is 18.3 Å². The monoisotopic (exact) mass is 428 g/mol. The number of amides is 1. The van der Waals surface area contributed by atoms with Gasteiger partial charge in [-0.2, -0.15) is 0 Å². The van der Waals surface area contributed by atoms with Crippen LogP contribution in [0.1, 0.15) is 31.7 Å². The van der Waals surface area contributed by atoms with Gasteiger partial charge in [-0.3, -0.25) is 14.7 Å². The number of carbonyl (C=O) groups is 1. The average Bonchev–Trinajstić information content (AvgIpc) is 2.92. The topological polar surface area (TPSA) is 87.0 Å². The average molecular weight is 429 g/mol. The number of benzene rings is 1. The summed E-state index contributed by atoms with van der Waals surface area (Å²) in [4.78, 5) is 19.7. The second-order valence-electron chi connectivity index (χ2n) is 6.54. The van der Waals surface area contributed by atoms with Gasteiger partial charge in [-0.1, -0.05) is 24.6 Å². The molecule has 146 valence electrons. The molecular formula is C18H21ClN2O4S2. The third-order valence-corrected chi connectivity index (χ3v) is 7.51. The first-order valence-corrected chi connectivity index (χ1v) is 11.8. The second kappa shape index (κ2) is 8.24. The van der Waals surface area contributed by atoms with Crippen LogP contribution in [-0.2, 0) is 14.6 Å². The van der Waals surface area contributed by atoms with Crippen LogP contribution in [0.2, 0.25) is 5.02 Å². The van der Waals surface area contributed by atoms with Gasteiger partial charge in [0, 0.05) is 12.6 Å². The van der Waals surface area contributed by atoms with Gasteiger partial charge in [-0.05, 0) is 54.8 Å². The minimum atomic E-state index is -3.01. The van der Waals surface area contributed by atoms with Gasteiger partial charge in [-0.25, -0.2) is 8.42 Å². The third kappa shape index (κ3) is 4.67. The lowest BCUT2D eigenvalue weighted by atomic mass is 10.1. The van der Waals surface area contributed by atoms with E-state index in [1.54, 1.807) is 23.1 Å². The number of hydrogen-bond acceptors (Lipinski definition) is 6. The molecule has 2 aliphatic rings. The number of carbonyl (C=O) groups excluding carboxylic acids is 1. The Hall–Kier alpha value is -1.51. The largest absolute Gasteiger partial charge is 0.506 e. The Balaban J connectivity index is 1.89. The lowest BCUT2D eigenvalue weighted by Crippen LogP contribution is -2.44. The zero-order valence-electron chi connectivity index (χ0n) is 14.9. The number of phenols is 1. The number of aromatic hydroxyl groups is 1. The van der Waals surface area contributed by atoms with Gasteiger partial charge in [-0.15, -0.1) is 0 Å². The highest BCUT2D eigenvalue weighted by Crippen LogP contribution is 2.37. The molecule has 0 aromatic heterocycles. The van der Waals surface area contributed by atoms with Crippen molar-refractivity contribution in [2.24, 2.45) is 4.99 Å². The van der Waals surface area contributed by atoms with E-state index in [9.17, 15) is 18.3 Å². The molecule has 0 atom stereocenters. The molecule has 2 fully saturated rings. The van der Waals surface area contributed by atoms with E-state index in [0.717, 1.165) is 6.42 Å². The molecule has 9 heteroatoms. The van der Waals surface area contributed by atoms with Crippen LogP contribution in [0.5, 0.6) is 5.75 Å². The molecule has 0 spiro atoms. The predicted molar refractivity (Wildman–Crippen MR) is 110 cm³/mol. The Morgan fingerprint density at radius 2 is 2.07 bits per heavy atom. The number of rotatable bonds is 4. The fourth-order valence-corrected chi connectivity index (χ4v) is 5.74. The zero-order valence-corrected chi connectivity index (χ0v) is 17.3. The van der Waals surface area contributed by atoms with Crippen molar-refractivity contribution in [3.8, 4) is 5.75 Å². The molecule has 2 heterocycles. The number of nitrogens with zero attached hydrogens (tertiary/aromatic N) is 2.